The van der Waals surface area contributed by atoms with Crippen LogP contribution in [0.15, 0.2) is 30.3 Å². The Kier molecular flexibility index (Phi) is 4.13. The Morgan fingerprint density at radius 1 is 1.20 bits per heavy atom. The van der Waals surface area contributed by atoms with Crippen LogP contribution < -0.4 is 0 Å². The van der Waals surface area contributed by atoms with Crippen molar-refractivity contribution in [3.8, 4) is 0 Å². The summed E-state index contributed by atoms with van der Waals surface area (Å²) in [6.45, 7) is 2.14. The van der Waals surface area contributed by atoms with Crippen molar-refractivity contribution in [1.82, 2.24) is 0 Å². The third kappa shape index (κ3) is 2.91. The molecule has 20 heavy (non-hydrogen) atoms. The Labute approximate surface area is 122 Å². The van der Waals surface area contributed by atoms with E-state index in [2.05, 4.69) is 6.92 Å². The predicted octanol–water partition coefficient (Wildman–Crippen LogP) is 4.24. The number of benzene rings is 1. The fraction of sp³-hybridized carbons (Fsp3) is 0.667. The molecule has 1 saturated heterocycles. The number of rotatable bonds is 4. The first kappa shape index (κ1) is 14.1. The van der Waals surface area contributed by atoms with Gasteiger partial charge in [-0.25, -0.2) is 0 Å². The van der Waals surface area contributed by atoms with Crippen molar-refractivity contribution >= 4 is 0 Å². The van der Waals surface area contributed by atoms with Crippen LogP contribution in [0.4, 0.5) is 0 Å². The van der Waals surface area contributed by atoms with E-state index in [-0.39, 0.29) is 17.6 Å². The van der Waals surface area contributed by atoms with Crippen molar-refractivity contribution in [2.75, 3.05) is 0 Å². The molecular weight excluding hydrogens is 248 g/mol. The Hall–Kier alpha value is -0.860. The smallest absolute Gasteiger partial charge is 0.0816 e. The predicted molar refractivity (Wildman–Crippen MR) is 80.5 cm³/mol. The summed E-state index contributed by atoms with van der Waals surface area (Å²) in [5.74, 6) is 0.249. The van der Waals surface area contributed by atoms with E-state index in [0.717, 1.165) is 12.0 Å². The average Bonchev–Trinajstić information content (AvgIpc) is 3.09. The number of hydrogen-bond donors (Lipinski definition) is 1. The zero-order valence-electron chi connectivity index (χ0n) is 12.4. The second-order valence-corrected chi connectivity index (χ2v) is 6.74. The third-order valence-corrected chi connectivity index (χ3v) is 5.17. The molecule has 2 heteroatoms. The number of hydrogen-bond acceptors (Lipinski definition) is 2. The van der Waals surface area contributed by atoms with Crippen LogP contribution in [0.3, 0.4) is 0 Å². The molecule has 3 unspecified atom stereocenters. The van der Waals surface area contributed by atoms with Crippen LogP contribution >= 0.6 is 0 Å². The fourth-order valence-corrected chi connectivity index (χ4v) is 3.97. The summed E-state index contributed by atoms with van der Waals surface area (Å²) < 4.78 is 6.36. The maximum atomic E-state index is 10.5. The van der Waals surface area contributed by atoms with Gasteiger partial charge in [-0.2, -0.15) is 0 Å². The minimum Gasteiger partial charge on any atom is -0.388 e. The lowest BCUT2D eigenvalue weighted by Crippen LogP contribution is -2.26. The molecule has 1 saturated carbocycles. The summed E-state index contributed by atoms with van der Waals surface area (Å²) in [5.41, 5.74) is 1.23. The monoisotopic (exact) mass is 274 g/mol. The molecule has 1 N–H and O–H groups in total. The van der Waals surface area contributed by atoms with E-state index in [9.17, 15) is 5.11 Å². The van der Waals surface area contributed by atoms with Gasteiger partial charge in [-0.05, 0) is 43.6 Å². The van der Waals surface area contributed by atoms with E-state index < -0.39 is 0 Å². The molecule has 0 amide bonds. The van der Waals surface area contributed by atoms with Crippen LogP contribution in [0.1, 0.15) is 63.5 Å². The normalized spacial score (nSPS) is 27.8. The van der Waals surface area contributed by atoms with Gasteiger partial charge in [-0.15, -0.1) is 0 Å². The van der Waals surface area contributed by atoms with E-state index in [1.807, 2.05) is 30.3 Å². The molecule has 0 radical (unpaired) electrons. The maximum absolute atomic E-state index is 10.5. The average molecular weight is 274 g/mol. The molecule has 3 atom stereocenters. The second-order valence-electron chi connectivity index (χ2n) is 6.74. The van der Waals surface area contributed by atoms with Gasteiger partial charge in [0.1, 0.15) is 0 Å². The van der Waals surface area contributed by atoms with Crippen LogP contribution in [-0.4, -0.2) is 16.8 Å². The number of aliphatic hydroxyl groups excluding tert-OH is 1. The summed E-state index contributed by atoms with van der Waals surface area (Å²) in [4.78, 5) is 0. The van der Waals surface area contributed by atoms with Crippen LogP contribution in [-0.2, 0) is 4.74 Å². The molecule has 110 valence electrons. The van der Waals surface area contributed by atoms with Crippen LogP contribution in [0.2, 0.25) is 0 Å². The first-order valence-corrected chi connectivity index (χ1v) is 8.09. The zero-order chi connectivity index (χ0) is 14.0. The van der Waals surface area contributed by atoms with Crippen molar-refractivity contribution in [1.29, 1.82) is 0 Å². The fourth-order valence-electron chi connectivity index (χ4n) is 3.97. The van der Waals surface area contributed by atoms with Gasteiger partial charge in [0.2, 0.25) is 0 Å². The van der Waals surface area contributed by atoms with Crippen molar-refractivity contribution in [3.05, 3.63) is 35.9 Å². The van der Waals surface area contributed by atoms with Crippen molar-refractivity contribution < 1.29 is 9.84 Å². The van der Waals surface area contributed by atoms with Crippen molar-refractivity contribution in [2.45, 2.75) is 69.7 Å². The largest absolute Gasteiger partial charge is 0.388 e. The lowest BCUT2D eigenvalue weighted by Gasteiger charge is -2.26. The van der Waals surface area contributed by atoms with E-state index in [1.165, 1.54) is 38.5 Å². The molecule has 1 aromatic carbocycles. The summed E-state index contributed by atoms with van der Waals surface area (Å²) >= 11 is 0. The number of aliphatic hydroxyl groups is 1. The minimum atomic E-state index is -0.375. The van der Waals surface area contributed by atoms with E-state index in [4.69, 9.17) is 4.74 Å². The van der Waals surface area contributed by atoms with Gasteiger partial charge in [-0.1, -0.05) is 50.1 Å². The molecule has 0 aromatic heterocycles. The van der Waals surface area contributed by atoms with Crippen LogP contribution in [0.5, 0.6) is 0 Å². The summed E-state index contributed by atoms with van der Waals surface area (Å²) in [6.07, 6.45) is 8.50. The van der Waals surface area contributed by atoms with E-state index in [1.54, 1.807) is 0 Å². The Morgan fingerprint density at radius 2 is 1.90 bits per heavy atom. The molecule has 1 spiro atoms. The third-order valence-electron chi connectivity index (χ3n) is 5.17. The highest BCUT2D eigenvalue weighted by Gasteiger charge is 2.42. The summed E-state index contributed by atoms with van der Waals surface area (Å²) in [6, 6.07) is 9.99. The van der Waals surface area contributed by atoms with Crippen molar-refractivity contribution in [3.63, 3.8) is 0 Å². The van der Waals surface area contributed by atoms with Crippen LogP contribution in [0.25, 0.3) is 0 Å². The first-order chi connectivity index (χ1) is 9.69. The molecule has 2 aliphatic rings. The molecule has 1 aromatic rings. The lowest BCUT2D eigenvalue weighted by atomic mass is 9.91. The SMILES string of the molecule is CC(CC1CCC2(CCCC2)O1)C(O)c1ccccc1. The zero-order valence-corrected chi connectivity index (χ0v) is 12.4. The minimum absolute atomic E-state index is 0.210. The molecular formula is C18H26O2. The standard InChI is InChI=1S/C18H26O2/c1-14(17(19)15-7-3-2-4-8-15)13-16-9-12-18(20-16)10-5-6-11-18/h2-4,7-8,14,16-17,19H,5-6,9-13H2,1H3. The molecule has 2 nitrogen and oxygen atoms in total. The Morgan fingerprint density at radius 3 is 2.60 bits per heavy atom. The molecule has 1 aliphatic heterocycles. The van der Waals surface area contributed by atoms with Gasteiger partial charge < -0.3 is 9.84 Å². The Bertz CT molecular complexity index is 422. The van der Waals surface area contributed by atoms with E-state index >= 15 is 0 Å². The summed E-state index contributed by atoms with van der Waals surface area (Å²) in [5, 5.41) is 10.5. The van der Waals surface area contributed by atoms with Gasteiger partial charge in [0, 0.05) is 0 Å². The quantitative estimate of drug-likeness (QED) is 0.890. The lowest BCUT2D eigenvalue weighted by molar-refractivity contribution is -0.0508. The van der Waals surface area contributed by atoms with Gasteiger partial charge in [0.25, 0.3) is 0 Å². The molecule has 0 bridgehead atoms. The second kappa shape index (κ2) is 5.87. The highest BCUT2D eigenvalue weighted by Crippen LogP contribution is 2.45. The molecule has 3 rings (SSSR count). The van der Waals surface area contributed by atoms with Crippen molar-refractivity contribution in [2.24, 2.45) is 5.92 Å². The highest BCUT2D eigenvalue weighted by atomic mass is 16.5. The summed E-state index contributed by atoms with van der Waals surface area (Å²) in [7, 11) is 0. The van der Waals surface area contributed by atoms with Gasteiger partial charge in [0.05, 0.1) is 17.8 Å². The Balaban J connectivity index is 1.55. The highest BCUT2D eigenvalue weighted by molar-refractivity contribution is 5.17. The van der Waals surface area contributed by atoms with Crippen LogP contribution in [0, 0.1) is 5.92 Å². The maximum Gasteiger partial charge on any atom is 0.0816 e. The van der Waals surface area contributed by atoms with Gasteiger partial charge >= 0.3 is 0 Å². The number of ether oxygens (including phenoxy) is 1. The molecule has 1 heterocycles. The van der Waals surface area contributed by atoms with E-state index in [0.29, 0.717) is 6.10 Å². The van der Waals surface area contributed by atoms with Gasteiger partial charge in [-0.3, -0.25) is 0 Å². The topological polar surface area (TPSA) is 29.5 Å². The molecule has 1 aliphatic carbocycles. The molecule has 2 fully saturated rings. The first-order valence-electron chi connectivity index (χ1n) is 8.09. The van der Waals surface area contributed by atoms with Gasteiger partial charge in [0.15, 0.2) is 0 Å².